The topological polar surface area (TPSA) is 46.9 Å². The highest BCUT2D eigenvalue weighted by Gasteiger charge is 2.35. The Bertz CT molecular complexity index is 1200. The van der Waals surface area contributed by atoms with Crippen molar-refractivity contribution in [1.82, 2.24) is 15.1 Å². The van der Waals surface area contributed by atoms with Crippen molar-refractivity contribution in [3.05, 3.63) is 55.4 Å². The Kier molecular flexibility index (Phi) is 7.41. The van der Waals surface area contributed by atoms with Crippen LogP contribution in [-0.2, 0) is 11.2 Å². The second-order valence-electron chi connectivity index (χ2n) is 9.46. The van der Waals surface area contributed by atoms with E-state index in [0.717, 1.165) is 50.6 Å². The molecule has 5 rings (SSSR count). The van der Waals surface area contributed by atoms with Gasteiger partial charge in [0.2, 0.25) is 5.91 Å². The van der Waals surface area contributed by atoms with Crippen molar-refractivity contribution < 1.29 is 4.79 Å². The first-order chi connectivity index (χ1) is 16.4. The van der Waals surface area contributed by atoms with Gasteiger partial charge in [0.25, 0.3) is 0 Å². The van der Waals surface area contributed by atoms with Crippen LogP contribution in [0.4, 0.5) is 0 Å². The lowest BCUT2D eigenvalue weighted by molar-refractivity contribution is -0.124. The number of hydrogen-bond acceptors (Lipinski definition) is 3. The highest BCUT2D eigenvalue weighted by atomic mass is 79.9. The summed E-state index contributed by atoms with van der Waals surface area (Å²) in [4.78, 5) is 14.6. The number of benzene rings is 1. The third kappa shape index (κ3) is 4.84. The lowest BCUT2D eigenvalue weighted by atomic mass is 9.83. The van der Waals surface area contributed by atoms with E-state index < -0.39 is 0 Å². The number of halogens is 3. The number of carbonyl (C=O) groups excluding carboxylic acids is 1. The van der Waals surface area contributed by atoms with Crippen molar-refractivity contribution in [2.24, 2.45) is 5.92 Å². The summed E-state index contributed by atoms with van der Waals surface area (Å²) in [5, 5.41) is 9.52. The Morgan fingerprint density at radius 3 is 2.65 bits per heavy atom. The lowest BCUT2D eigenvalue weighted by Gasteiger charge is -2.30. The summed E-state index contributed by atoms with van der Waals surface area (Å²) in [5.41, 5.74) is 3.82. The molecular weight excluding hydrogens is 553 g/mol. The van der Waals surface area contributed by atoms with E-state index in [1.807, 2.05) is 22.9 Å². The number of hydrogen-bond donors (Lipinski definition) is 1. The summed E-state index contributed by atoms with van der Waals surface area (Å²) in [6.07, 6.45) is 8.94. The zero-order valence-electron chi connectivity index (χ0n) is 19.1. The van der Waals surface area contributed by atoms with Gasteiger partial charge in [-0.1, -0.05) is 42.5 Å². The van der Waals surface area contributed by atoms with Gasteiger partial charge in [-0.25, -0.2) is 4.68 Å². The molecule has 0 radical (unpaired) electrons. The van der Waals surface area contributed by atoms with Crippen LogP contribution in [0.25, 0.3) is 16.3 Å². The number of nitrogens with one attached hydrogen (secondary N) is 1. The summed E-state index contributed by atoms with van der Waals surface area (Å²) in [7, 11) is 0. The summed E-state index contributed by atoms with van der Waals surface area (Å²) >= 11 is 18.0. The maximum atomic E-state index is 13.5. The van der Waals surface area contributed by atoms with Crippen LogP contribution < -0.4 is 5.32 Å². The maximum absolute atomic E-state index is 13.5. The van der Waals surface area contributed by atoms with Crippen LogP contribution in [0.3, 0.4) is 0 Å². The first kappa shape index (κ1) is 24.4. The first-order valence-electron chi connectivity index (χ1n) is 12.1. The number of thiophene rings is 1. The van der Waals surface area contributed by atoms with Crippen LogP contribution >= 0.6 is 50.5 Å². The summed E-state index contributed by atoms with van der Waals surface area (Å²) in [5.74, 6) is 0.430. The summed E-state index contributed by atoms with van der Waals surface area (Å²) in [6.45, 7) is 2.16. The highest BCUT2D eigenvalue weighted by molar-refractivity contribution is 9.11. The van der Waals surface area contributed by atoms with Gasteiger partial charge in [-0.3, -0.25) is 4.79 Å². The molecule has 0 aliphatic heterocycles. The average molecular weight is 581 g/mol. The second kappa shape index (κ2) is 10.3. The van der Waals surface area contributed by atoms with E-state index in [4.69, 9.17) is 28.3 Å². The molecule has 1 fully saturated rings. The van der Waals surface area contributed by atoms with Gasteiger partial charge in [-0.15, -0.1) is 11.3 Å². The van der Waals surface area contributed by atoms with E-state index in [1.165, 1.54) is 32.1 Å². The lowest BCUT2D eigenvalue weighted by Crippen LogP contribution is -2.42. The Morgan fingerprint density at radius 1 is 1.15 bits per heavy atom. The minimum Gasteiger partial charge on any atom is -0.353 e. The first-order valence-corrected chi connectivity index (χ1v) is 14.4. The molecule has 0 saturated heterocycles. The molecular formula is C26H28BrCl2N3OS. The fourth-order valence-electron chi connectivity index (χ4n) is 5.47. The summed E-state index contributed by atoms with van der Waals surface area (Å²) < 4.78 is 2.97. The molecule has 2 aliphatic rings. The van der Waals surface area contributed by atoms with Crippen molar-refractivity contribution in [1.29, 1.82) is 0 Å². The molecule has 1 N–H and O–H groups in total. The Morgan fingerprint density at radius 2 is 1.94 bits per heavy atom. The van der Waals surface area contributed by atoms with Crippen molar-refractivity contribution in [3.63, 3.8) is 0 Å². The zero-order valence-corrected chi connectivity index (χ0v) is 23.0. The van der Waals surface area contributed by atoms with Gasteiger partial charge in [0.1, 0.15) is 0 Å². The molecule has 2 aliphatic carbocycles. The highest BCUT2D eigenvalue weighted by Crippen LogP contribution is 2.43. The maximum Gasteiger partial charge on any atom is 0.229 e. The van der Waals surface area contributed by atoms with Gasteiger partial charge in [-0.2, -0.15) is 5.10 Å². The van der Waals surface area contributed by atoms with Crippen LogP contribution in [0.5, 0.6) is 0 Å². The van der Waals surface area contributed by atoms with E-state index >= 15 is 0 Å². The van der Waals surface area contributed by atoms with Gasteiger partial charge in [0, 0.05) is 16.6 Å². The quantitative estimate of drug-likeness (QED) is 0.331. The molecule has 0 bridgehead atoms. The smallest absolute Gasteiger partial charge is 0.229 e. The number of fused-ring (bicyclic) bond motifs is 1. The molecule has 2 heterocycles. The van der Waals surface area contributed by atoms with Crippen molar-refractivity contribution in [2.75, 3.05) is 0 Å². The number of carbonyl (C=O) groups is 1. The molecule has 180 valence electrons. The third-order valence-corrected chi connectivity index (χ3v) is 9.42. The molecule has 1 aromatic carbocycles. The van der Waals surface area contributed by atoms with Crippen LogP contribution in [0.2, 0.25) is 10.0 Å². The zero-order chi connectivity index (χ0) is 23.8. The number of nitrogens with zero attached hydrogens (tertiary/aromatic N) is 2. The van der Waals surface area contributed by atoms with Gasteiger partial charge >= 0.3 is 0 Å². The molecule has 2 atom stereocenters. The molecule has 8 heteroatoms. The van der Waals surface area contributed by atoms with Crippen molar-refractivity contribution >= 4 is 56.4 Å². The Labute approximate surface area is 223 Å². The van der Waals surface area contributed by atoms with E-state index in [0.29, 0.717) is 16.0 Å². The number of amides is 1. The van der Waals surface area contributed by atoms with Gasteiger partial charge in [0.05, 0.1) is 36.7 Å². The van der Waals surface area contributed by atoms with Crippen LogP contribution in [0, 0.1) is 5.92 Å². The Hall–Kier alpha value is -1.34. The van der Waals surface area contributed by atoms with Crippen LogP contribution in [-0.4, -0.2) is 21.7 Å². The molecule has 1 amide bonds. The fraction of sp³-hybridized carbons (Fsp3) is 0.462. The average Bonchev–Trinajstić information content (AvgIpc) is 3.42. The van der Waals surface area contributed by atoms with Crippen LogP contribution in [0.1, 0.15) is 69.0 Å². The molecule has 34 heavy (non-hydrogen) atoms. The second-order valence-corrected chi connectivity index (χ2v) is 12.8. The predicted molar refractivity (Wildman–Crippen MR) is 144 cm³/mol. The molecule has 3 aromatic rings. The van der Waals surface area contributed by atoms with Crippen molar-refractivity contribution in [2.45, 2.75) is 70.3 Å². The van der Waals surface area contributed by atoms with Crippen LogP contribution in [0.15, 0.2) is 34.1 Å². The van der Waals surface area contributed by atoms with E-state index in [1.54, 1.807) is 17.4 Å². The van der Waals surface area contributed by atoms with E-state index in [2.05, 4.69) is 34.2 Å². The largest absolute Gasteiger partial charge is 0.353 e. The molecule has 1 saturated carbocycles. The summed E-state index contributed by atoms with van der Waals surface area (Å²) in [6, 6.07) is 9.80. The third-order valence-electron chi connectivity index (χ3n) is 7.25. The monoisotopic (exact) mass is 579 g/mol. The SMILES string of the molecule is C[C@@H](NC(=O)[C@H]1CCCc2c1nn(-c1ccc(Cl)cc1Cl)c2-c1ccc(Br)s1)C1CCCCC1. The molecule has 2 aromatic heterocycles. The minimum absolute atomic E-state index is 0.102. The van der Waals surface area contributed by atoms with E-state index in [9.17, 15) is 4.79 Å². The standard InChI is InChI=1S/C26H28BrCl2N3OS/c1-15(16-6-3-2-4-7-16)30-26(33)19-9-5-8-18-24(19)31-32(21-11-10-17(28)14-20(21)29)25(18)22-12-13-23(27)34-22/h10-16,19H,2-9H2,1H3,(H,30,33)/t15-,19+/m1/s1. The number of aromatic nitrogens is 2. The normalized spacial score (nSPS) is 19.6. The molecule has 0 spiro atoms. The molecule has 0 unspecified atom stereocenters. The predicted octanol–water partition coefficient (Wildman–Crippen LogP) is 8.18. The minimum atomic E-state index is -0.246. The van der Waals surface area contributed by atoms with Gasteiger partial charge in [0.15, 0.2) is 0 Å². The van der Waals surface area contributed by atoms with Gasteiger partial charge in [-0.05, 0) is 91.2 Å². The fourth-order valence-corrected chi connectivity index (χ4v) is 7.40. The molecule has 4 nitrogen and oxygen atoms in total. The van der Waals surface area contributed by atoms with Gasteiger partial charge < -0.3 is 5.32 Å². The number of rotatable bonds is 5. The van der Waals surface area contributed by atoms with E-state index in [-0.39, 0.29) is 17.9 Å². The van der Waals surface area contributed by atoms with Crippen molar-refractivity contribution in [3.8, 4) is 16.3 Å². The Balaban J connectivity index is 1.53.